The van der Waals surface area contributed by atoms with Gasteiger partial charge in [-0.3, -0.25) is 4.79 Å². The summed E-state index contributed by atoms with van der Waals surface area (Å²) in [4.78, 5) is 11.1. The van der Waals surface area contributed by atoms with E-state index >= 15 is 0 Å². The van der Waals surface area contributed by atoms with Crippen molar-refractivity contribution in [3.63, 3.8) is 0 Å². The van der Waals surface area contributed by atoms with Gasteiger partial charge < -0.3 is 33.2 Å². The molecule has 9 heteroatoms. The Bertz CT molecular complexity index is 347. The summed E-state index contributed by atoms with van der Waals surface area (Å²) in [5.41, 5.74) is 0. The van der Waals surface area contributed by atoms with E-state index in [4.69, 9.17) is 33.2 Å². The summed E-state index contributed by atoms with van der Waals surface area (Å²) in [5.74, 6) is -0.238. The molecule has 0 amide bonds. The number of hydrogen-bond donors (Lipinski definition) is 0. The molecule has 8 nitrogen and oxygen atoms in total. The zero-order valence-corrected chi connectivity index (χ0v) is 20.7. The van der Waals surface area contributed by atoms with Crippen LogP contribution in [0.15, 0.2) is 0 Å². The van der Waals surface area contributed by atoms with Crippen molar-refractivity contribution < 1.29 is 38.0 Å². The largest absolute Gasteiger partial charge is 0.466 e. The minimum absolute atomic E-state index is 0.238. The predicted molar refractivity (Wildman–Crippen MR) is 124 cm³/mol. The van der Waals surface area contributed by atoms with E-state index in [1.54, 1.807) is 6.92 Å². The van der Waals surface area contributed by atoms with Crippen LogP contribution >= 0.6 is 22.6 Å². The smallest absolute Gasteiger partial charge is 0.308 e. The van der Waals surface area contributed by atoms with Crippen LogP contribution in [0.2, 0.25) is 0 Å². The first-order valence-corrected chi connectivity index (χ1v) is 12.5. The lowest BCUT2D eigenvalue weighted by Gasteiger charge is -2.08. The Morgan fingerprint density at radius 1 is 0.567 bits per heavy atom. The number of alkyl halides is 1. The summed E-state index contributed by atoms with van der Waals surface area (Å²) >= 11 is 2.41. The zero-order valence-electron chi connectivity index (χ0n) is 18.6. The number of unbranched alkanes of at least 4 members (excludes halogenated alkanes) is 3. The molecule has 0 saturated heterocycles. The summed E-state index contributed by atoms with van der Waals surface area (Å²) in [5, 5.41) is 0. The molecular formula is C21H41IO8. The van der Waals surface area contributed by atoms with Crippen molar-refractivity contribution in [3.8, 4) is 0 Å². The molecule has 0 atom stereocenters. The molecule has 0 aromatic rings. The first-order valence-electron chi connectivity index (χ1n) is 11.0. The summed E-state index contributed by atoms with van der Waals surface area (Å²) in [7, 11) is 0. The second kappa shape index (κ2) is 27.0. The highest BCUT2D eigenvalue weighted by Gasteiger charge is 2.00. The molecule has 0 aromatic heterocycles. The van der Waals surface area contributed by atoms with E-state index in [2.05, 4.69) is 22.6 Å². The molecule has 0 fully saturated rings. The summed E-state index contributed by atoms with van der Waals surface area (Å²) < 4.78 is 38.5. The van der Waals surface area contributed by atoms with Crippen LogP contribution in [0.25, 0.3) is 0 Å². The molecule has 0 radical (unpaired) electrons. The van der Waals surface area contributed by atoms with Gasteiger partial charge in [0.1, 0.15) is 0 Å². The first-order chi connectivity index (χ1) is 14.8. The average Bonchev–Trinajstić information content (AvgIpc) is 2.74. The minimum atomic E-state index is -0.238. The normalized spacial score (nSPS) is 11.1. The zero-order chi connectivity index (χ0) is 22.0. The number of hydrogen-bond acceptors (Lipinski definition) is 8. The molecule has 0 aliphatic heterocycles. The molecular weight excluding hydrogens is 507 g/mol. The minimum Gasteiger partial charge on any atom is -0.466 e. The van der Waals surface area contributed by atoms with Gasteiger partial charge in [0.05, 0.1) is 85.7 Å². The Balaban J connectivity index is 3.03. The molecule has 0 heterocycles. The highest BCUT2D eigenvalue weighted by molar-refractivity contribution is 14.1. The third kappa shape index (κ3) is 26.0. The van der Waals surface area contributed by atoms with Gasteiger partial charge in [-0.05, 0) is 24.2 Å². The van der Waals surface area contributed by atoms with Crippen molar-refractivity contribution >= 4 is 28.6 Å². The molecule has 0 aliphatic carbocycles. The third-order valence-corrected chi connectivity index (χ3v) is 4.55. The van der Waals surface area contributed by atoms with E-state index in [-0.39, 0.29) is 12.4 Å². The second-order valence-corrected chi connectivity index (χ2v) is 7.41. The van der Waals surface area contributed by atoms with Gasteiger partial charge in [0.15, 0.2) is 0 Å². The molecule has 180 valence electrons. The molecule has 0 bridgehead atoms. The maximum Gasteiger partial charge on any atom is 0.308 e. The van der Waals surface area contributed by atoms with E-state index in [0.29, 0.717) is 79.3 Å². The molecule has 0 aromatic carbocycles. The van der Waals surface area contributed by atoms with Crippen LogP contribution in [0.4, 0.5) is 0 Å². The van der Waals surface area contributed by atoms with E-state index < -0.39 is 0 Å². The van der Waals surface area contributed by atoms with E-state index in [9.17, 15) is 4.79 Å². The van der Waals surface area contributed by atoms with Crippen molar-refractivity contribution in [1.29, 1.82) is 0 Å². The fourth-order valence-electron chi connectivity index (χ4n) is 2.24. The van der Waals surface area contributed by atoms with Crippen molar-refractivity contribution in [2.24, 2.45) is 0 Å². The van der Waals surface area contributed by atoms with Crippen LogP contribution in [0.1, 0.15) is 39.0 Å². The van der Waals surface area contributed by atoms with Crippen molar-refractivity contribution in [1.82, 2.24) is 0 Å². The Labute approximate surface area is 195 Å². The van der Waals surface area contributed by atoms with E-state index in [1.807, 2.05) is 0 Å². The topological polar surface area (TPSA) is 81.7 Å². The number of rotatable bonds is 25. The highest BCUT2D eigenvalue weighted by Crippen LogP contribution is 2.02. The van der Waals surface area contributed by atoms with E-state index in [0.717, 1.165) is 13.0 Å². The quantitative estimate of drug-likeness (QED) is 0.0746. The number of halogens is 1. The van der Waals surface area contributed by atoms with Crippen molar-refractivity contribution in [2.75, 3.05) is 90.3 Å². The maximum atomic E-state index is 11.1. The van der Waals surface area contributed by atoms with Crippen LogP contribution in [-0.2, 0) is 38.0 Å². The van der Waals surface area contributed by atoms with Crippen LogP contribution in [-0.4, -0.2) is 96.3 Å². The van der Waals surface area contributed by atoms with Gasteiger partial charge in [0.25, 0.3) is 0 Å². The fraction of sp³-hybridized carbons (Fsp3) is 0.952. The SMILES string of the molecule is CCOC(=O)CCOCCOCCOCCOCCOCCOCCCCCCI. The lowest BCUT2D eigenvalue weighted by atomic mass is 10.2. The molecule has 0 spiro atoms. The molecule has 30 heavy (non-hydrogen) atoms. The molecule has 0 saturated carbocycles. The van der Waals surface area contributed by atoms with Crippen LogP contribution in [0, 0.1) is 0 Å². The lowest BCUT2D eigenvalue weighted by Crippen LogP contribution is -2.14. The Morgan fingerprint density at radius 3 is 1.40 bits per heavy atom. The van der Waals surface area contributed by atoms with Crippen LogP contribution in [0.3, 0.4) is 0 Å². The van der Waals surface area contributed by atoms with Gasteiger partial charge in [-0.2, -0.15) is 0 Å². The highest BCUT2D eigenvalue weighted by atomic mass is 127. The number of esters is 1. The molecule has 0 N–H and O–H groups in total. The average molecular weight is 548 g/mol. The third-order valence-electron chi connectivity index (χ3n) is 3.79. The van der Waals surface area contributed by atoms with Gasteiger partial charge in [0, 0.05) is 6.61 Å². The predicted octanol–water partition coefficient (Wildman–Crippen LogP) is 3.03. The fourth-order valence-corrected chi connectivity index (χ4v) is 2.78. The van der Waals surface area contributed by atoms with E-state index in [1.165, 1.54) is 23.7 Å². The number of ether oxygens (including phenoxy) is 7. The molecule has 0 unspecified atom stereocenters. The standard InChI is InChI=1S/C21H41IO8/c1-2-30-21(23)7-10-25-12-14-27-16-18-29-20-19-28-17-15-26-13-11-24-9-6-4-3-5-8-22/h2-20H2,1H3. The van der Waals surface area contributed by atoms with Gasteiger partial charge in [-0.15, -0.1) is 0 Å². The van der Waals surface area contributed by atoms with Crippen molar-refractivity contribution in [3.05, 3.63) is 0 Å². The Hall–Kier alpha value is -0.0400. The first kappa shape index (κ1) is 30.0. The Kier molecular flexibility index (Phi) is 27.0. The molecule has 0 rings (SSSR count). The van der Waals surface area contributed by atoms with Gasteiger partial charge >= 0.3 is 5.97 Å². The van der Waals surface area contributed by atoms with Gasteiger partial charge in [-0.1, -0.05) is 35.4 Å². The van der Waals surface area contributed by atoms with Gasteiger partial charge in [-0.25, -0.2) is 0 Å². The molecule has 0 aliphatic rings. The lowest BCUT2D eigenvalue weighted by molar-refractivity contribution is -0.144. The van der Waals surface area contributed by atoms with Crippen molar-refractivity contribution in [2.45, 2.75) is 39.0 Å². The number of carbonyl (C=O) groups is 1. The summed E-state index contributed by atoms with van der Waals surface area (Å²) in [6, 6.07) is 0. The monoisotopic (exact) mass is 548 g/mol. The maximum absolute atomic E-state index is 11.1. The van der Waals surface area contributed by atoms with Crippen LogP contribution < -0.4 is 0 Å². The summed E-state index contributed by atoms with van der Waals surface area (Å²) in [6.07, 6.45) is 5.26. The van der Waals surface area contributed by atoms with Gasteiger partial charge in [0.2, 0.25) is 0 Å². The summed E-state index contributed by atoms with van der Waals surface area (Å²) in [6.45, 7) is 8.74. The second-order valence-electron chi connectivity index (χ2n) is 6.33. The Morgan fingerprint density at radius 2 is 0.967 bits per heavy atom. The van der Waals surface area contributed by atoms with Crippen LogP contribution in [0.5, 0.6) is 0 Å². The number of carbonyl (C=O) groups excluding carboxylic acids is 1.